The van der Waals surface area contributed by atoms with E-state index < -0.39 is 0 Å². The van der Waals surface area contributed by atoms with Crippen molar-refractivity contribution < 1.29 is 9.53 Å². The third kappa shape index (κ3) is 6.28. The highest BCUT2D eigenvalue weighted by Crippen LogP contribution is 2.29. The minimum absolute atomic E-state index is 0.00876. The molecule has 1 atom stereocenters. The summed E-state index contributed by atoms with van der Waals surface area (Å²) in [5, 5.41) is 5.46. The van der Waals surface area contributed by atoms with Gasteiger partial charge in [-0.2, -0.15) is 0 Å². The van der Waals surface area contributed by atoms with Crippen LogP contribution in [0, 0.1) is 18.8 Å². The van der Waals surface area contributed by atoms with Crippen LogP contribution >= 0.6 is 0 Å². The first-order valence-electron chi connectivity index (χ1n) is 10.1. The number of carbonyl (C=O) groups excluding carboxylic acids is 1. The Hall–Kier alpha value is -1.61. The van der Waals surface area contributed by atoms with Gasteiger partial charge in [-0.05, 0) is 73.4 Å². The Morgan fingerprint density at radius 3 is 2.62 bits per heavy atom. The Kier molecular flexibility index (Phi) is 7.89. The molecule has 1 saturated carbocycles. The first-order chi connectivity index (χ1) is 12.4. The second-order valence-corrected chi connectivity index (χ2v) is 7.98. The lowest BCUT2D eigenvalue weighted by Gasteiger charge is -2.15. The summed E-state index contributed by atoms with van der Waals surface area (Å²) in [7, 11) is 0. The molecule has 1 unspecified atom stereocenters. The average molecular weight is 358 g/mol. The van der Waals surface area contributed by atoms with E-state index in [9.17, 15) is 4.79 Å². The third-order valence-corrected chi connectivity index (χ3v) is 4.87. The van der Waals surface area contributed by atoms with Crippen LogP contribution < -0.4 is 15.8 Å². The van der Waals surface area contributed by atoms with Gasteiger partial charge in [-0.1, -0.05) is 39.0 Å². The van der Waals surface area contributed by atoms with Crippen LogP contribution in [0.25, 0.3) is 12.2 Å². The van der Waals surface area contributed by atoms with Crippen molar-refractivity contribution in [1.29, 1.82) is 0 Å². The van der Waals surface area contributed by atoms with Crippen LogP contribution in [0.3, 0.4) is 0 Å². The molecule has 1 aliphatic carbocycles. The Labute approximate surface area is 158 Å². The van der Waals surface area contributed by atoms with Gasteiger partial charge in [0.25, 0.3) is 5.91 Å². The maximum absolute atomic E-state index is 12.7. The standard InChI is InChI=1S/C23H35NO2/c1-6-7-21-18(5)22(13-12-20(21)11-8-16(2)3)23(25)24-14-17(4)26-15-19-9-10-19/h7,11-13,16-17,19H,6,8-10,14-15H2,1-5H3,(H,24,25)/b20-11+,21-7-. The highest BCUT2D eigenvalue weighted by atomic mass is 16.5. The molecule has 2 rings (SSSR count). The zero-order valence-electron chi connectivity index (χ0n) is 17.1. The van der Waals surface area contributed by atoms with Crippen molar-refractivity contribution >= 4 is 18.1 Å². The lowest BCUT2D eigenvalue weighted by Crippen LogP contribution is -2.36. The molecule has 0 aromatic heterocycles. The average Bonchev–Trinajstić information content (AvgIpc) is 3.42. The van der Waals surface area contributed by atoms with Crippen LogP contribution in [-0.2, 0) is 4.74 Å². The van der Waals surface area contributed by atoms with E-state index in [2.05, 4.69) is 51.2 Å². The lowest BCUT2D eigenvalue weighted by molar-refractivity contribution is 0.0555. The second kappa shape index (κ2) is 9.91. The van der Waals surface area contributed by atoms with E-state index in [0.29, 0.717) is 12.5 Å². The van der Waals surface area contributed by atoms with Crippen molar-refractivity contribution in [2.75, 3.05) is 13.2 Å². The van der Waals surface area contributed by atoms with Crippen molar-refractivity contribution in [3.8, 4) is 0 Å². The summed E-state index contributed by atoms with van der Waals surface area (Å²) < 4.78 is 5.79. The van der Waals surface area contributed by atoms with Crippen LogP contribution in [0.5, 0.6) is 0 Å². The normalized spacial score (nSPS) is 17.0. The SMILES string of the molecule is CC/C=c1/c(C)c(C(=O)NCC(C)OCC2CC2)cc/c1=C\CC(C)C. The predicted octanol–water partition coefficient (Wildman–Crippen LogP) is 3.56. The number of amides is 1. The molecule has 0 saturated heterocycles. The van der Waals surface area contributed by atoms with Crippen molar-refractivity contribution in [3.63, 3.8) is 0 Å². The molecule has 0 spiro atoms. The fourth-order valence-corrected chi connectivity index (χ4v) is 2.99. The topological polar surface area (TPSA) is 38.3 Å². The second-order valence-electron chi connectivity index (χ2n) is 7.98. The number of carbonyl (C=O) groups is 1. The molecule has 0 radical (unpaired) electrons. The first kappa shape index (κ1) is 20.7. The van der Waals surface area contributed by atoms with E-state index in [0.717, 1.165) is 36.5 Å². The summed E-state index contributed by atoms with van der Waals surface area (Å²) in [6.07, 6.45) is 9.14. The van der Waals surface area contributed by atoms with E-state index in [1.807, 2.05) is 13.0 Å². The zero-order valence-corrected chi connectivity index (χ0v) is 17.1. The van der Waals surface area contributed by atoms with Crippen molar-refractivity contribution in [1.82, 2.24) is 5.32 Å². The maximum atomic E-state index is 12.7. The Morgan fingerprint density at radius 1 is 1.27 bits per heavy atom. The van der Waals surface area contributed by atoms with Crippen LogP contribution in [0.2, 0.25) is 0 Å². The summed E-state index contributed by atoms with van der Waals surface area (Å²) in [5.74, 6) is 1.37. The van der Waals surface area contributed by atoms with Crippen LogP contribution in [0.4, 0.5) is 0 Å². The summed E-state index contributed by atoms with van der Waals surface area (Å²) in [6, 6.07) is 4.04. The quantitative estimate of drug-likeness (QED) is 0.734. The van der Waals surface area contributed by atoms with E-state index in [4.69, 9.17) is 4.74 Å². The molecule has 144 valence electrons. The van der Waals surface area contributed by atoms with E-state index in [1.165, 1.54) is 23.3 Å². The molecule has 3 nitrogen and oxygen atoms in total. The van der Waals surface area contributed by atoms with Crippen LogP contribution in [0.1, 0.15) is 69.3 Å². The van der Waals surface area contributed by atoms with Gasteiger partial charge in [-0.15, -0.1) is 0 Å². The van der Waals surface area contributed by atoms with Gasteiger partial charge in [-0.25, -0.2) is 0 Å². The van der Waals surface area contributed by atoms with E-state index >= 15 is 0 Å². The van der Waals surface area contributed by atoms with Gasteiger partial charge in [0.2, 0.25) is 0 Å². The minimum atomic E-state index is -0.00876. The number of benzene rings is 1. The fourth-order valence-electron chi connectivity index (χ4n) is 2.99. The van der Waals surface area contributed by atoms with Crippen molar-refractivity contribution in [3.05, 3.63) is 33.7 Å². The third-order valence-electron chi connectivity index (χ3n) is 4.87. The first-order valence-corrected chi connectivity index (χ1v) is 10.1. The smallest absolute Gasteiger partial charge is 0.251 e. The molecule has 1 aromatic carbocycles. The molecule has 1 amide bonds. The number of rotatable bonds is 9. The monoisotopic (exact) mass is 357 g/mol. The molecule has 1 fully saturated rings. The number of hydrogen-bond acceptors (Lipinski definition) is 2. The fraction of sp³-hybridized carbons (Fsp3) is 0.609. The summed E-state index contributed by atoms with van der Waals surface area (Å²) in [6.45, 7) is 12.0. The molecule has 0 bridgehead atoms. The van der Waals surface area contributed by atoms with Gasteiger partial charge < -0.3 is 10.1 Å². The lowest BCUT2D eigenvalue weighted by atomic mass is 10.0. The molecule has 1 N–H and O–H groups in total. The van der Waals surface area contributed by atoms with Crippen LogP contribution in [-0.4, -0.2) is 25.2 Å². The largest absolute Gasteiger partial charge is 0.376 e. The predicted molar refractivity (Wildman–Crippen MR) is 110 cm³/mol. The number of hydrogen-bond donors (Lipinski definition) is 1. The van der Waals surface area contributed by atoms with Crippen molar-refractivity contribution in [2.45, 2.75) is 66.4 Å². The molecule has 1 aromatic rings. The molecule has 0 heterocycles. The van der Waals surface area contributed by atoms with Gasteiger partial charge in [0.1, 0.15) is 0 Å². The van der Waals surface area contributed by atoms with Gasteiger partial charge >= 0.3 is 0 Å². The molecular weight excluding hydrogens is 322 g/mol. The highest BCUT2D eigenvalue weighted by molar-refractivity contribution is 5.95. The van der Waals surface area contributed by atoms with Gasteiger partial charge in [-0.3, -0.25) is 4.79 Å². The molecule has 26 heavy (non-hydrogen) atoms. The van der Waals surface area contributed by atoms with E-state index in [-0.39, 0.29) is 12.0 Å². The number of nitrogens with one attached hydrogen (secondary N) is 1. The highest BCUT2D eigenvalue weighted by Gasteiger charge is 2.22. The Bertz CT molecular complexity index is 716. The Morgan fingerprint density at radius 2 is 2.00 bits per heavy atom. The van der Waals surface area contributed by atoms with Crippen LogP contribution in [0.15, 0.2) is 12.1 Å². The Balaban J connectivity index is 2.10. The molecular formula is C23H35NO2. The minimum Gasteiger partial charge on any atom is -0.376 e. The zero-order chi connectivity index (χ0) is 19.1. The van der Waals surface area contributed by atoms with E-state index in [1.54, 1.807) is 0 Å². The molecule has 0 aliphatic heterocycles. The van der Waals surface area contributed by atoms with Gasteiger partial charge in [0.15, 0.2) is 0 Å². The maximum Gasteiger partial charge on any atom is 0.251 e. The van der Waals surface area contributed by atoms with Gasteiger partial charge in [0.05, 0.1) is 6.10 Å². The van der Waals surface area contributed by atoms with Gasteiger partial charge in [0, 0.05) is 18.7 Å². The molecule has 3 heteroatoms. The van der Waals surface area contributed by atoms with Crippen molar-refractivity contribution in [2.24, 2.45) is 11.8 Å². The summed E-state index contributed by atoms with van der Waals surface area (Å²) in [5.41, 5.74) is 1.83. The summed E-state index contributed by atoms with van der Waals surface area (Å²) >= 11 is 0. The molecule has 1 aliphatic rings. The summed E-state index contributed by atoms with van der Waals surface area (Å²) in [4.78, 5) is 12.7. The number of ether oxygens (including phenoxy) is 1.